The lowest BCUT2D eigenvalue weighted by molar-refractivity contribution is -0.117. The molecule has 4 nitrogen and oxygen atoms in total. The van der Waals surface area contributed by atoms with Crippen molar-refractivity contribution < 1.29 is 4.79 Å². The quantitative estimate of drug-likeness (QED) is 0.748. The van der Waals surface area contributed by atoms with Crippen molar-refractivity contribution in [3.8, 4) is 0 Å². The van der Waals surface area contributed by atoms with Gasteiger partial charge in [-0.15, -0.1) is 12.4 Å². The second-order valence-corrected chi connectivity index (χ2v) is 7.12. The molecule has 1 aliphatic rings. The summed E-state index contributed by atoms with van der Waals surface area (Å²) in [5.41, 5.74) is 1.65. The molecule has 1 amide bonds. The molecule has 0 bridgehead atoms. The molecule has 1 N–H and O–H groups in total. The number of carbonyl (C=O) groups excluding carboxylic acids is 1. The number of anilines is 2. The Balaban J connectivity index is 0.00000243. The molecular formula is C18H19Cl4N3O. The molecule has 0 unspecified atom stereocenters. The highest BCUT2D eigenvalue weighted by atomic mass is 35.5. The average molecular weight is 435 g/mol. The van der Waals surface area contributed by atoms with Gasteiger partial charge in [-0.3, -0.25) is 9.69 Å². The maximum atomic E-state index is 12.2. The third kappa shape index (κ3) is 5.41. The first-order valence-corrected chi connectivity index (χ1v) is 9.13. The van der Waals surface area contributed by atoms with Crippen LogP contribution in [0, 0.1) is 0 Å². The molecule has 0 spiro atoms. The van der Waals surface area contributed by atoms with Crippen molar-refractivity contribution in [2.45, 2.75) is 0 Å². The number of amides is 1. The van der Waals surface area contributed by atoms with Crippen molar-refractivity contribution >= 4 is 64.5 Å². The third-order valence-electron chi connectivity index (χ3n) is 4.12. The molecule has 2 aromatic rings. The summed E-state index contributed by atoms with van der Waals surface area (Å²) in [6.07, 6.45) is 0. The van der Waals surface area contributed by atoms with Gasteiger partial charge in [0.25, 0.3) is 0 Å². The fourth-order valence-corrected chi connectivity index (χ4v) is 3.46. The van der Waals surface area contributed by atoms with Gasteiger partial charge in [0.1, 0.15) is 0 Å². The molecule has 1 saturated heterocycles. The van der Waals surface area contributed by atoms with Crippen LogP contribution in [-0.4, -0.2) is 43.5 Å². The van der Waals surface area contributed by atoms with Crippen molar-refractivity contribution in [2.24, 2.45) is 0 Å². The van der Waals surface area contributed by atoms with E-state index in [4.69, 9.17) is 34.8 Å². The fraction of sp³-hybridized carbons (Fsp3) is 0.278. The zero-order chi connectivity index (χ0) is 17.8. The number of piperazine rings is 1. The topological polar surface area (TPSA) is 35.6 Å². The second-order valence-electron chi connectivity index (χ2n) is 5.89. The highest BCUT2D eigenvalue weighted by Crippen LogP contribution is 2.32. The Morgan fingerprint density at radius 3 is 2.38 bits per heavy atom. The summed E-state index contributed by atoms with van der Waals surface area (Å²) in [7, 11) is 0. The van der Waals surface area contributed by atoms with Crippen LogP contribution in [-0.2, 0) is 4.79 Å². The van der Waals surface area contributed by atoms with Crippen LogP contribution < -0.4 is 10.2 Å². The van der Waals surface area contributed by atoms with E-state index in [1.807, 2.05) is 24.3 Å². The summed E-state index contributed by atoms with van der Waals surface area (Å²) >= 11 is 18.3. The molecule has 26 heavy (non-hydrogen) atoms. The predicted octanol–water partition coefficient (Wildman–Crippen LogP) is 4.83. The minimum Gasteiger partial charge on any atom is -0.368 e. The summed E-state index contributed by atoms with van der Waals surface area (Å²) in [5.74, 6) is -0.0449. The van der Waals surface area contributed by atoms with Crippen LogP contribution in [0.4, 0.5) is 11.4 Å². The van der Waals surface area contributed by atoms with Gasteiger partial charge in [-0.25, -0.2) is 0 Å². The van der Waals surface area contributed by atoms with Crippen molar-refractivity contribution in [1.29, 1.82) is 0 Å². The van der Waals surface area contributed by atoms with E-state index < -0.39 is 0 Å². The van der Waals surface area contributed by atoms with Gasteiger partial charge in [-0.2, -0.15) is 0 Å². The Morgan fingerprint density at radius 2 is 1.69 bits per heavy atom. The highest BCUT2D eigenvalue weighted by molar-refractivity contribution is 6.43. The minimum absolute atomic E-state index is 0. The van der Waals surface area contributed by atoms with E-state index in [-0.39, 0.29) is 18.3 Å². The molecular weight excluding hydrogens is 416 g/mol. The van der Waals surface area contributed by atoms with E-state index in [9.17, 15) is 4.79 Å². The Hall–Kier alpha value is -1.17. The Labute approximate surface area is 174 Å². The summed E-state index contributed by atoms with van der Waals surface area (Å²) in [6.45, 7) is 3.51. The van der Waals surface area contributed by atoms with Crippen molar-refractivity contribution in [3.05, 3.63) is 57.5 Å². The van der Waals surface area contributed by atoms with Gasteiger partial charge < -0.3 is 10.2 Å². The second kappa shape index (κ2) is 9.67. The molecule has 0 saturated carbocycles. The average Bonchev–Trinajstić information content (AvgIpc) is 2.58. The maximum absolute atomic E-state index is 12.2. The number of hydrogen-bond acceptors (Lipinski definition) is 3. The zero-order valence-electron chi connectivity index (χ0n) is 13.9. The van der Waals surface area contributed by atoms with Crippen LogP contribution in [0.2, 0.25) is 15.1 Å². The molecule has 0 aliphatic carbocycles. The van der Waals surface area contributed by atoms with Crippen molar-refractivity contribution in [3.63, 3.8) is 0 Å². The summed E-state index contributed by atoms with van der Waals surface area (Å²) < 4.78 is 0. The Kier molecular flexibility index (Phi) is 7.86. The fourth-order valence-electron chi connectivity index (χ4n) is 2.85. The first-order chi connectivity index (χ1) is 12.0. The number of rotatable bonds is 4. The monoisotopic (exact) mass is 433 g/mol. The lowest BCUT2D eigenvalue weighted by Gasteiger charge is -2.36. The van der Waals surface area contributed by atoms with Gasteiger partial charge in [0.2, 0.25) is 5.91 Å². The van der Waals surface area contributed by atoms with Crippen LogP contribution in [0.1, 0.15) is 0 Å². The summed E-state index contributed by atoms with van der Waals surface area (Å²) in [5, 5.41) is 4.61. The van der Waals surface area contributed by atoms with Gasteiger partial charge in [0.15, 0.2) is 0 Å². The molecule has 1 aliphatic heterocycles. The molecule has 140 valence electrons. The van der Waals surface area contributed by atoms with Gasteiger partial charge in [0.05, 0.1) is 22.3 Å². The molecule has 8 heteroatoms. The van der Waals surface area contributed by atoms with E-state index >= 15 is 0 Å². The number of carbonyl (C=O) groups is 1. The van der Waals surface area contributed by atoms with Gasteiger partial charge in [-0.1, -0.05) is 46.9 Å². The van der Waals surface area contributed by atoms with E-state index in [1.54, 1.807) is 18.2 Å². The zero-order valence-corrected chi connectivity index (χ0v) is 17.0. The number of hydrogen-bond donors (Lipinski definition) is 1. The minimum atomic E-state index is -0.0449. The number of benzene rings is 2. The predicted molar refractivity (Wildman–Crippen MR) is 112 cm³/mol. The van der Waals surface area contributed by atoms with Gasteiger partial charge >= 0.3 is 0 Å². The maximum Gasteiger partial charge on any atom is 0.238 e. The molecule has 0 radical (unpaired) electrons. The van der Waals surface area contributed by atoms with Crippen LogP contribution >= 0.6 is 47.2 Å². The largest absolute Gasteiger partial charge is 0.368 e. The molecule has 0 atom stereocenters. The normalized spacial score (nSPS) is 14.7. The number of nitrogens with one attached hydrogen (secondary N) is 1. The van der Waals surface area contributed by atoms with Crippen LogP contribution in [0.3, 0.4) is 0 Å². The van der Waals surface area contributed by atoms with Gasteiger partial charge in [-0.05, 0) is 30.3 Å². The number of halogens is 4. The van der Waals surface area contributed by atoms with E-state index in [1.165, 1.54) is 0 Å². The van der Waals surface area contributed by atoms with E-state index in [2.05, 4.69) is 15.1 Å². The molecule has 1 heterocycles. The molecule has 3 rings (SSSR count). The van der Waals surface area contributed by atoms with Crippen molar-refractivity contribution in [2.75, 3.05) is 42.9 Å². The standard InChI is InChI=1S/C18H18Cl3N3O.ClH/c19-13-3-1-4-14(11-13)22-17(25)12-23-7-9-24(10-8-23)16-6-2-5-15(20)18(16)21;/h1-6,11H,7-10,12H2,(H,22,25);1H. The SMILES string of the molecule is Cl.O=C(CN1CCN(c2cccc(Cl)c2Cl)CC1)Nc1cccc(Cl)c1. The van der Waals surface area contributed by atoms with Crippen molar-refractivity contribution in [1.82, 2.24) is 4.90 Å². The number of nitrogens with zero attached hydrogens (tertiary/aromatic N) is 2. The smallest absolute Gasteiger partial charge is 0.238 e. The van der Waals surface area contributed by atoms with E-state index in [0.717, 1.165) is 31.9 Å². The first-order valence-electron chi connectivity index (χ1n) is 7.99. The van der Waals surface area contributed by atoms with Crippen LogP contribution in [0.5, 0.6) is 0 Å². The molecule has 0 aromatic heterocycles. The summed E-state index contributed by atoms with van der Waals surface area (Å²) in [6, 6.07) is 12.8. The Bertz CT molecular complexity index is 764. The van der Waals surface area contributed by atoms with Gasteiger partial charge in [0, 0.05) is 36.9 Å². The molecule has 2 aromatic carbocycles. The Morgan fingerprint density at radius 1 is 1.00 bits per heavy atom. The first kappa shape index (κ1) is 21.1. The lowest BCUT2D eigenvalue weighted by Crippen LogP contribution is -2.48. The lowest BCUT2D eigenvalue weighted by atomic mass is 10.2. The van der Waals surface area contributed by atoms with E-state index in [0.29, 0.717) is 27.3 Å². The molecule has 1 fully saturated rings. The van der Waals surface area contributed by atoms with Crippen LogP contribution in [0.25, 0.3) is 0 Å². The highest BCUT2D eigenvalue weighted by Gasteiger charge is 2.21. The summed E-state index contributed by atoms with van der Waals surface area (Å²) in [4.78, 5) is 16.5. The third-order valence-corrected chi connectivity index (χ3v) is 5.16. The van der Waals surface area contributed by atoms with Crippen LogP contribution in [0.15, 0.2) is 42.5 Å².